The molecule has 1 aromatic rings. The number of hydrogen-bond donors (Lipinski definition) is 3. The Balaban J connectivity index is 1.82. The Kier molecular flexibility index (Phi) is 6.68. The van der Waals surface area contributed by atoms with E-state index in [-0.39, 0.29) is 36.2 Å². The molecule has 3 aliphatic rings. The van der Waals surface area contributed by atoms with Crippen LogP contribution in [0.5, 0.6) is 5.75 Å². The van der Waals surface area contributed by atoms with E-state index in [9.17, 15) is 39.0 Å². The number of aromatic hydroxyl groups is 1. The number of hydrogen-bond acceptors (Lipinski definition) is 10. The van der Waals surface area contributed by atoms with Gasteiger partial charge in [-0.05, 0) is 64.6 Å². The molecular formula is C26H31N3O8. The number of benzene rings is 1. The van der Waals surface area contributed by atoms with Crippen molar-refractivity contribution >= 4 is 34.8 Å². The molecule has 11 nitrogen and oxygen atoms in total. The number of phenols is 1. The molecule has 1 amide bonds. The highest BCUT2D eigenvalue weighted by Crippen LogP contribution is 2.51. The van der Waals surface area contributed by atoms with Gasteiger partial charge in [0.25, 0.3) is 0 Å². The number of carbonyl (C=O) groups is 6. The second-order valence-corrected chi connectivity index (χ2v) is 10.8. The first-order valence-electron chi connectivity index (χ1n) is 12.1. The van der Waals surface area contributed by atoms with Crippen molar-refractivity contribution < 1.29 is 39.0 Å². The van der Waals surface area contributed by atoms with Crippen molar-refractivity contribution in [2.75, 3.05) is 34.7 Å². The van der Waals surface area contributed by atoms with Crippen molar-refractivity contribution in [1.82, 2.24) is 9.80 Å². The molecule has 0 aromatic heterocycles. The van der Waals surface area contributed by atoms with Crippen LogP contribution in [0.4, 0.5) is 0 Å². The highest BCUT2D eigenvalue weighted by molar-refractivity contribution is 6.32. The minimum Gasteiger partial charge on any atom is -0.507 e. The number of amides is 1. The molecule has 4 rings (SSSR count). The zero-order valence-electron chi connectivity index (χ0n) is 21.2. The van der Waals surface area contributed by atoms with Gasteiger partial charge in [0, 0.05) is 24.4 Å². The van der Waals surface area contributed by atoms with Gasteiger partial charge in [0.15, 0.2) is 40.4 Å². The molecule has 0 saturated heterocycles. The lowest BCUT2D eigenvalue weighted by molar-refractivity contribution is -0.181. The molecule has 6 atom stereocenters. The molecule has 0 aliphatic heterocycles. The standard InChI is InChI=1S/C26H31N3O8/c1-28(2)8-7-15(30)12-5-6-16(31)18-13(12)9-11-10-14-20(29(3)4)22(33)19(25(27)36)24(35)26(14,37)23(34)17(11)21(18)32/h5-6,11,14,17,19-20,31,37H,7-10H2,1-4H3,(H2,27,36). The maximum absolute atomic E-state index is 13.8. The lowest BCUT2D eigenvalue weighted by Gasteiger charge is -2.52. The molecule has 6 unspecified atom stereocenters. The fourth-order valence-electron chi connectivity index (χ4n) is 6.33. The number of nitrogens with zero attached hydrogens (tertiary/aromatic N) is 2. The van der Waals surface area contributed by atoms with Crippen LogP contribution in [0.3, 0.4) is 0 Å². The third-order valence-corrected chi connectivity index (χ3v) is 8.03. The fraction of sp³-hybridized carbons (Fsp3) is 0.538. The Hall–Kier alpha value is -3.28. The van der Waals surface area contributed by atoms with Crippen molar-refractivity contribution in [1.29, 1.82) is 0 Å². The molecule has 4 N–H and O–H groups in total. The van der Waals surface area contributed by atoms with Gasteiger partial charge in [-0.25, -0.2) is 0 Å². The van der Waals surface area contributed by atoms with Gasteiger partial charge in [-0.3, -0.25) is 33.7 Å². The van der Waals surface area contributed by atoms with Crippen LogP contribution in [-0.4, -0.2) is 101 Å². The summed E-state index contributed by atoms with van der Waals surface area (Å²) in [6.45, 7) is 0.470. The summed E-state index contributed by atoms with van der Waals surface area (Å²) < 4.78 is 0. The number of primary amides is 1. The summed E-state index contributed by atoms with van der Waals surface area (Å²) in [7, 11) is 6.68. The summed E-state index contributed by atoms with van der Waals surface area (Å²) in [6, 6.07) is 1.50. The van der Waals surface area contributed by atoms with E-state index in [1.165, 1.54) is 31.1 Å². The number of likely N-dealkylation sites (N-methyl/N-ethyl adjacent to an activating group) is 1. The molecule has 0 bridgehead atoms. The molecule has 0 heterocycles. The first kappa shape index (κ1) is 26.8. The van der Waals surface area contributed by atoms with E-state index >= 15 is 0 Å². The van der Waals surface area contributed by atoms with Crippen LogP contribution in [0.25, 0.3) is 0 Å². The number of Topliss-reactive ketones (excluding diaryl/α,β-unsaturated/α-hetero) is 5. The molecule has 0 radical (unpaired) electrons. The Labute approximate surface area is 213 Å². The molecular weight excluding hydrogens is 482 g/mol. The smallest absolute Gasteiger partial charge is 0.235 e. The molecule has 0 spiro atoms. The summed E-state index contributed by atoms with van der Waals surface area (Å²) in [6.07, 6.45) is 0.169. The maximum atomic E-state index is 13.8. The topological polar surface area (TPSA) is 175 Å². The van der Waals surface area contributed by atoms with Crippen LogP contribution in [-0.2, 0) is 25.6 Å². The largest absolute Gasteiger partial charge is 0.507 e. The molecule has 1 aromatic carbocycles. The zero-order valence-corrected chi connectivity index (χ0v) is 21.2. The van der Waals surface area contributed by atoms with Gasteiger partial charge in [0.05, 0.1) is 17.5 Å². The van der Waals surface area contributed by atoms with Gasteiger partial charge in [0.1, 0.15) is 5.75 Å². The summed E-state index contributed by atoms with van der Waals surface area (Å²) >= 11 is 0. The lowest BCUT2D eigenvalue weighted by atomic mass is 9.52. The van der Waals surface area contributed by atoms with Gasteiger partial charge in [0.2, 0.25) is 5.91 Å². The van der Waals surface area contributed by atoms with Crippen LogP contribution in [0, 0.1) is 23.7 Å². The molecule has 3 aliphatic carbocycles. The highest BCUT2D eigenvalue weighted by atomic mass is 16.3. The molecule has 2 fully saturated rings. The SMILES string of the molecule is CN(C)CCC(=O)c1ccc(O)c2c1CC1CC3C(N(C)C)C(=O)C(C(N)=O)C(=O)C3(O)C(=O)C1C2=O. The summed E-state index contributed by atoms with van der Waals surface area (Å²) in [4.78, 5) is 82.1. The lowest BCUT2D eigenvalue weighted by Crippen LogP contribution is -2.74. The highest BCUT2D eigenvalue weighted by Gasteiger charge is 2.69. The minimum atomic E-state index is -2.77. The Morgan fingerprint density at radius 1 is 1.08 bits per heavy atom. The number of nitrogens with two attached hydrogens (primary N) is 1. The van der Waals surface area contributed by atoms with E-state index in [0.717, 1.165) is 0 Å². The van der Waals surface area contributed by atoms with Crippen molar-refractivity contribution in [3.8, 4) is 5.75 Å². The van der Waals surface area contributed by atoms with Crippen molar-refractivity contribution in [2.24, 2.45) is 29.4 Å². The number of phenolic OH excluding ortho intramolecular Hbond substituents is 1. The normalized spacial score (nSPS) is 31.3. The van der Waals surface area contributed by atoms with E-state index in [4.69, 9.17) is 5.73 Å². The third-order valence-electron chi connectivity index (χ3n) is 8.03. The molecule has 11 heteroatoms. The van der Waals surface area contributed by atoms with Crippen LogP contribution in [0.15, 0.2) is 12.1 Å². The molecule has 37 heavy (non-hydrogen) atoms. The molecule has 2 saturated carbocycles. The predicted octanol–water partition coefficient (Wildman–Crippen LogP) is -0.999. The predicted molar refractivity (Wildman–Crippen MR) is 129 cm³/mol. The van der Waals surface area contributed by atoms with Gasteiger partial charge in [-0.2, -0.15) is 0 Å². The average molecular weight is 514 g/mol. The van der Waals surface area contributed by atoms with Gasteiger partial charge < -0.3 is 20.8 Å². The first-order valence-corrected chi connectivity index (χ1v) is 12.1. The number of rotatable bonds is 6. The minimum absolute atomic E-state index is 0.0588. The van der Waals surface area contributed by atoms with E-state index in [1.54, 1.807) is 0 Å². The summed E-state index contributed by atoms with van der Waals surface area (Å²) in [5, 5.41) is 22.1. The van der Waals surface area contributed by atoms with Crippen LogP contribution in [0.1, 0.15) is 39.1 Å². The van der Waals surface area contributed by atoms with Crippen molar-refractivity contribution in [2.45, 2.75) is 30.9 Å². The van der Waals surface area contributed by atoms with E-state index in [1.807, 2.05) is 19.0 Å². The Bertz CT molecular complexity index is 1240. The molecule has 198 valence electrons. The van der Waals surface area contributed by atoms with Gasteiger partial charge in [-0.15, -0.1) is 0 Å². The zero-order chi connectivity index (χ0) is 27.6. The average Bonchev–Trinajstić information content (AvgIpc) is 2.79. The second-order valence-electron chi connectivity index (χ2n) is 10.8. The number of aliphatic hydroxyl groups is 1. The van der Waals surface area contributed by atoms with Crippen LogP contribution >= 0.6 is 0 Å². The second kappa shape index (κ2) is 9.23. The quantitative estimate of drug-likeness (QED) is 0.316. The van der Waals surface area contributed by atoms with Gasteiger partial charge in [-0.1, -0.05) is 0 Å². The Morgan fingerprint density at radius 2 is 1.73 bits per heavy atom. The van der Waals surface area contributed by atoms with E-state index in [2.05, 4.69) is 0 Å². The summed E-state index contributed by atoms with van der Waals surface area (Å²) in [5.74, 6) is -11.4. The number of carbonyl (C=O) groups excluding carboxylic acids is 6. The Morgan fingerprint density at radius 3 is 2.30 bits per heavy atom. The van der Waals surface area contributed by atoms with Crippen LogP contribution < -0.4 is 5.73 Å². The van der Waals surface area contributed by atoms with E-state index in [0.29, 0.717) is 12.1 Å². The van der Waals surface area contributed by atoms with Crippen molar-refractivity contribution in [3.05, 3.63) is 28.8 Å². The van der Waals surface area contributed by atoms with Crippen molar-refractivity contribution in [3.63, 3.8) is 0 Å². The fourth-order valence-corrected chi connectivity index (χ4v) is 6.33. The van der Waals surface area contributed by atoms with Gasteiger partial charge >= 0.3 is 0 Å². The summed E-state index contributed by atoms with van der Waals surface area (Å²) in [5.41, 5.74) is 2.94. The first-order chi connectivity index (χ1) is 17.2. The number of fused-ring (bicyclic) bond motifs is 3. The van der Waals surface area contributed by atoms with Crippen LogP contribution in [0.2, 0.25) is 0 Å². The van der Waals surface area contributed by atoms with E-state index < -0.39 is 70.1 Å². The monoisotopic (exact) mass is 513 g/mol. The number of ketones is 5. The third kappa shape index (κ3) is 3.92. The maximum Gasteiger partial charge on any atom is 0.235 e.